The molecule has 0 radical (unpaired) electrons. The number of fused-ring (bicyclic) bond motifs is 1. The Bertz CT molecular complexity index is 402. The van der Waals surface area contributed by atoms with Crippen LogP contribution < -0.4 is 0 Å². The molecule has 0 spiro atoms. The van der Waals surface area contributed by atoms with Crippen molar-refractivity contribution >= 4 is 48.8 Å². The summed E-state index contributed by atoms with van der Waals surface area (Å²) in [7, 11) is 0. The topological polar surface area (TPSA) is 12.9 Å². The fraction of sp³-hybridized carbons (Fsp3) is 0.375. The second-order valence-electron chi connectivity index (χ2n) is 2.93. The van der Waals surface area contributed by atoms with E-state index >= 15 is 0 Å². The molecule has 1 nitrogen and oxygen atoms in total. The Morgan fingerprint density at radius 2 is 2.25 bits per heavy atom. The smallest absolute Gasteiger partial charge is 0.0965 e. The lowest BCUT2D eigenvalue weighted by Crippen LogP contribution is -1.82. The van der Waals surface area contributed by atoms with Crippen LogP contribution in [0.4, 0.5) is 0 Å². The number of thiazole rings is 1. The molecule has 0 unspecified atom stereocenters. The van der Waals surface area contributed by atoms with Crippen LogP contribution in [0.1, 0.15) is 24.8 Å². The van der Waals surface area contributed by atoms with Crippen molar-refractivity contribution < 1.29 is 0 Å². The predicted molar refractivity (Wildman–Crippen MR) is 59.3 cm³/mol. The van der Waals surface area contributed by atoms with Gasteiger partial charge in [-0.25, -0.2) is 4.98 Å². The first kappa shape index (κ1) is 8.66. The molecular weight excluding hydrogens is 254 g/mol. The van der Waals surface area contributed by atoms with Crippen LogP contribution >= 0.6 is 38.6 Å². The summed E-state index contributed by atoms with van der Waals surface area (Å²) < 4.78 is 2.51. The Kier molecular flexibility index (Phi) is 2.23. The summed E-state index contributed by atoms with van der Waals surface area (Å²) in [4.78, 5) is 4.53. The third-order valence-corrected chi connectivity index (χ3v) is 5.11. The highest BCUT2D eigenvalue weighted by molar-refractivity contribution is 9.11. The first-order valence-electron chi connectivity index (χ1n) is 3.72. The van der Waals surface area contributed by atoms with Gasteiger partial charge in [0.05, 0.1) is 19.0 Å². The first-order chi connectivity index (χ1) is 5.68. The molecule has 0 bridgehead atoms. The molecule has 2 aromatic heterocycles. The lowest BCUT2D eigenvalue weighted by atomic mass is 10.2. The van der Waals surface area contributed by atoms with Gasteiger partial charge < -0.3 is 0 Å². The third kappa shape index (κ3) is 1.32. The zero-order valence-electron chi connectivity index (χ0n) is 6.80. The first-order valence-corrected chi connectivity index (χ1v) is 6.21. The van der Waals surface area contributed by atoms with Crippen molar-refractivity contribution in [1.29, 1.82) is 0 Å². The summed E-state index contributed by atoms with van der Waals surface area (Å²) in [6.45, 7) is 4.35. The van der Waals surface area contributed by atoms with E-state index in [0.29, 0.717) is 5.92 Å². The number of halogens is 1. The maximum absolute atomic E-state index is 4.53. The van der Waals surface area contributed by atoms with Gasteiger partial charge in [0.2, 0.25) is 0 Å². The fourth-order valence-corrected chi connectivity index (χ4v) is 3.52. The van der Waals surface area contributed by atoms with Crippen molar-refractivity contribution in [2.24, 2.45) is 0 Å². The highest BCUT2D eigenvalue weighted by atomic mass is 79.9. The second-order valence-corrected chi connectivity index (χ2v) is 6.16. The van der Waals surface area contributed by atoms with Crippen molar-refractivity contribution in [1.82, 2.24) is 4.98 Å². The summed E-state index contributed by atoms with van der Waals surface area (Å²) in [5.41, 5.74) is 1.14. The second kappa shape index (κ2) is 3.09. The number of rotatable bonds is 1. The average Bonchev–Trinajstić information content (AvgIpc) is 2.53. The van der Waals surface area contributed by atoms with Gasteiger partial charge in [-0.1, -0.05) is 13.8 Å². The molecule has 0 atom stereocenters. The van der Waals surface area contributed by atoms with Gasteiger partial charge in [-0.05, 0) is 15.9 Å². The number of thiophene rings is 1. The Morgan fingerprint density at radius 1 is 1.50 bits per heavy atom. The SMILES string of the molecule is CC(C)c1nc2csc(Br)c2s1. The normalized spacial score (nSPS) is 11.7. The van der Waals surface area contributed by atoms with Crippen LogP contribution in [0.2, 0.25) is 0 Å². The van der Waals surface area contributed by atoms with Crippen LogP contribution in [-0.4, -0.2) is 4.98 Å². The molecule has 2 aromatic rings. The summed E-state index contributed by atoms with van der Waals surface area (Å²) in [6, 6.07) is 0. The zero-order valence-corrected chi connectivity index (χ0v) is 10.0. The van der Waals surface area contributed by atoms with Crippen LogP contribution in [-0.2, 0) is 0 Å². The molecule has 2 heterocycles. The van der Waals surface area contributed by atoms with E-state index in [1.54, 1.807) is 22.7 Å². The van der Waals surface area contributed by atoms with Gasteiger partial charge in [-0.3, -0.25) is 0 Å². The molecule has 4 heteroatoms. The van der Waals surface area contributed by atoms with Crippen LogP contribution in [0, 0.1) is 0 Å². The van der Waals surface area contributed by atoms with Gasteiger partial charge in [0.15, 0.2) is 0 Å². The van der Waals surface area contributed by atoms with Gasteiger partial charge in [0.1, 0.15) is 0 Å². The Balaban J connectivity index is 2.63. The molecule has 12 heavy (non-hydrogen) atoms. The molecule has 0 saturated heterocycles. The largest absolute Gasteiger partial charge is 0.240 e. The molecule has 0 aliphatic carbocycles. The molecule has 0 aliphatic rings. The van der Waals surface area contributed by atoms with Crippen LogP contribution in [0.25, 0.3) is 10.2 Å². The Morgan fingerprint density at radius 3 is 2.83 bits per heavy atom. The van der Waals surface area contributed by atoms with Crippen LogP contribution in [0.15, 0.2) is 9.17 Å². The summed E-state index contributed by atoms with van der Waals surface area (Å²) in [5.74, 6) is 0.541. The minimum Gasteiger partial charge on any atom is -0.240 e. The van der Waals surface area contributed by atoms with Crippen molar-refractivity contribution in [2.45, 2.75) is 19.8 Å². The van der Waals surface area contributed by atoms with E-state index in [0.717, 1.165) is 5.52 Å². The Hall–Kier alpha value is 0.0700. The molecule has 0 N–H and O–H groups in total. The van der Waals surface area contributed by atoms with Gasteiger partial charge >= 0.3 is 0 Å². The standard InChI is InChI=1S/C8H8BrNS2/c1-4(2)8-10-5-3-11-7(9)6(5)12-8/h3-4H,1-2H3. The van der Waals surface area contributed by atoms with E-state index in [9.17, 15) is 0 Å². The van der Waals surface area contributed by atoms with E-state index in [4.69, 9.17) is 0 Å². The lowest BCUT2D eigenvalue weighted by molar-refractivity contribution is 0.857. The summed E-state index contributed by atoms with van der Waals surface area (Å²) in [6.07, 6.45) is 0. The van der Waals surface area contributed by atoms with Gasteiger partial charge in [0, 0.05) is 11.3 Å². The molecule has 0 aliphatic heterocycles. The van der Waals surface area contributed by atoms with E-state index in [1.165, 1.54) is 13.5 Å². The van der Waals surface area contributed by atoms with E-state index < -0.39 is 0 Å². The van der Waals surface area contributed by atoms with E-state index in [-0.39, 0.29) is 0 Å². The Labute approximate surface area is 87.6 Å². The number of hydrogen-bond donors (Lipinski definition) is 0. The van der Waals surface area contributed by atoms with Crippen molar-refractivity contribution in [3.8, 4) is 0 Å². The van der Waals surface area contributed by atoms with Crippen LogP contribution in [0.5, 0.6) is 0 Å². The minimum atomic E-state index is 0.541. The van der Waals surface area contributed by atoms with Gasteiger partial charge in [-0.15, -0.1) is 22.7 Å². The van der Waals surface area contributed by atoms with Gasteiger partial charge in [0.25, 0.3) is 0 Å². The van der Waals surface area contributed by atoms with Crippen LogP contribution in [0.3, 0.4) is 0 Å². The molecule has 0 amide bonds. The van der Waals surface area contributed by atoms with Gasteiger partial charge in [-0.2, -0.15) is 0 Å². The average molecular weight is 262 g/mol. The molecular formula is C8H8BrNS2. The maximum Gasteiger partial charge on any atom is 0.0965 e. The summed E-state index contributed by atoms with van der Waals surface area (Å²) in [5, 5.41) is 3.33. The molecule has 0 saturated carbocycles. The quantitative estimate of drug-likeness (QED) is 0.748. The fourth-order valence-electron chi connectivity index (χ4n) is 0.978. The molecule has 64 valence electrons. The highest BCUT2D eigenvalue weighted by Crippen LogP contribution is 2.36. The molecule has 0 fully saturated rings. The molecule has 2 rings (SSSR count). The molecule has 0 aromatic carbocycles. The minimum absolute atomic E-state index is 0.541. The maximum atomic E-state index is 4.53. The summed E-state index contributed by atoms with van der Waals surface area (Å²) >= 11 is 7.02. The number of nitrogens with zero attached hydrogens (tertiary/aromatic N) is 1. The third-order valence-electron chi connectivity index (χ3n) is 1.62. The highest BCUT2D eigenvalue weighted by Gasteiger charge is 2.10. The van der Waals surface area contributed by atoms with E-state index in [1.807, 2.05) is 0 Å². The number of aromatic nitrogens is 1. The number of hydrogen-bond acceptors (Lipinski definition) is 3. The van der Waals surface area contributed by atoms with E-state index in [2.05, 4.69) is 40.1 Å². The zero-order chi connectivity index (χ0) is 8.72. The van der Waals surface area contributed by atoms with Crippen molar-refractivity contribution in [2.75, 3.05) is 0 Å². The monoisotopic (exact) mass is 261 g/mol. The van der Waals surface area contributed by atoms with Crippen molar-refractivity contribution in [3.63, 3.8) is 0 Å². The lowest BCUT2D eigenvalue weighted by Gasteiger charge is -1.94. The predicted octanol–water partition coefficient (Wildman–Crippen LogP) is 4.24. The van der Waals surface area contributed by atoms with Crippen molar-refractivity contribution in [3.05, 3.63) is 14.2 Å².